The first-order valence-corrected chi connectivity index (χ1v) is 6.48. The molecule has 0 heterocycles. The Labute approximate surface area is 120 Å². The van der Waals surface area contributed by atoms with E-state index in [1.54, 1.807) is 0 Å². The number of nitrogen functional groups attached to an aromatic ring is 1. The number of aryl methyl sites for hydroxylation is 1. The van der Waals surface area contributed by atoms with Gasteiger partial charge in [0.15, 0.2) is 0 Å². The second kappa shape index (κ2) is 6.09. The minimum atomic E-state index is 0. The molecule has 3 heteroatoms. The highest BCUT2D eigenvalue weighted by Gasteiger charge is 2.21. The minimum Gasteiger partial charge on any atom is -0.399 e. The van der Waals surface area contributed by atoms with Crippen LogP contribution in [-0.4, -0.2) is 0 Å². The Morgan fingerprint density at radius 1 is 1.11 bits per heavy atom. The summed E-state index contributed by atoms with van der Waals surface area (Å²) in [5.41, 5.74) is 10.9. The van der Waals surface area contributed by atoms with Gasteiger partial charge in [-0.1, -0.05) is 36.4 Å². The van der Waals surface area contributed by atoms with Crippen LogP contribution in [0.25, 0.3) is 0 Å². The Morgan fingerprint density at radius 3 is 2.68 bits per heavy atom. The summed E-state index contributed by atoms with van der Waals surface area (Å²) in [7, 11) is 0. The van der Waals surface area contributed by atoms with Crippen molar-refractivity contribution in [2.24, 2.45) is 0 Å². The zero-order valence-electron chi connectivity index (χ0n) is 10.8. The van der Waals surface area contributed by atoms with E-state index in [1.165, 1.54) is 23.1 Å². The van der Waals surface area contributed by atoms with Crippen molar-refractivity contribution in [1.29, 1.82) is 0 Å². The monoisotopic (exact) mass is 274 g/mol. The first-order valence-electron chi connectivity index (χ1n) is 6.48. The van der Waals surface area contributed by atoms with Gasteiger partial charge in [-0.3, -0.25) is 0 Å². The molecule has 0 saturated carbocycles. The molecule has 0 bridgehead atoms. The molecule has 1 atom stereocenters. The maximum atomic E-state index is 5.87. The number of hydrogen-bond acceptors (Lipinski definition) is 2. The molecule has 0 amide bonds. The highest BCUT2D eigenvalue weighted by Crippen LogP contribution is 2.32. The third kappa shape index (κ3) is 3.09. The van der Waals surface area contributed by atoms with Gasteiger partial charge in [-0.15, -0.1) is 12.4 Å². The predicted molar refractivity (Wildman–Crippen MR) is 82.4 cm³/mol. The molecule has 2 aromatic carbocycles. The SMILES string of the molecule is Cl.Nc1ccc2c(c1)C(NCc1ccccc1)CC2. The van der Waals surface area contributed by atoms with E-state index in [0.29, 0.717) is 6.04 Å². The summed E-state index contributed by atoms with van der Waals surface area (Å²) < 4.78 is 0. The van der Waals surface area contributed by atoms with Gasteiger partial charge in [-0.25, -0.2) is 0 Å². The van der Waals surface area contributed by atoms with Crippen molar-refractivity contribution >= 4 is 18.1 Å². The maximum absolute atomic E-state index is 5.87. The Hall–Kier alpha value is -1.51. The molecule has 0 radical (unpaired) electrons. The fraction of sp³-hybridized carbons (Fsp3) is 0.250. The molecule has 0 saturated heterocycles. The molecule has 1 unspecified atom stereocenters. The summed E-state index contributed by atoms with van der Waals surface area (Å²) in [5.74, 6) is 0. The zero-order valence-corrected chi connectivity index (χ0v) is 11.6. The van der Waals surface area contributed by atoms with E-state index in [0.717, 1.165) is 18.7 Å². The number of halogens is 1. The lowest BCUT2D eigenvalue weighted by Crippen LogP contribution is -2.18. The average Bonchev–Trinajstić information content (AvgIpc) is 2.80. The maximum Gasteiger partial charge on any atom is 0.0329 e. The smallest absolute Gasteiger partial charge is 0.0329 e. The highest BCUT2D eigenvalue weighted by molar-refractivity contribution is 5.85. The molecule has 2 aromatic rings. The lowest BCUT2D eigenvalue weighted by atomic mass is 10.1. The van der Waals surface area contributed by atoms with Gasteiger partial charge in [-0.05, 0) is 41.7 Å². The average molecular weight is 275 g/mol. The number of hydrogen-bond donors (Lipinski definition) is 2. The van der Waals surface area contributed by atoms with Gasteiger partial charge in [-0.2, -0.15) is 0 Å². The summed E-state index contributed by atoms with van der Waals surface area (Å²) in [6, 6.07) is 17.2. The summed E-state index contributed by atoms with van der Waals surface area (Å²) in [6.07, 6.45) is 2.33. The predicted octanol–water partition coefficient (Wildman–Crippen LogP) is 3.47. The van der Waals surface area contributed by atoms with Crippen LogP contribution in [0, 0.1) is 0 Å². The fourth-order valence-corrected chi connectivity index (χ4v) is 2.67. The largest absolute Gasteiger partial charge is 0.399 e. The first kappa shape index (κ1) is 13.9. The zero-order chi connectivity index (χ0) is 12.4. The van der Waals surface area contributed by atoms with Crippen LogP contribution in [0.5, 0.6) is 0 Å². The second-order valence-corrected chi connectivity index (χ2v) is 4.92. The molecule has 1 aliphatic carbocycles. The molecule has 0 fully saturated rings. The molecule has 2 nitrogen and oxygen atoms in total. The Balaban J connectivity index is 0.00000133. The lowest BCUT2D eigenvalue weighted by molar-refractivity contribution is 0.530. The number of nitrogens with two attached hydrogens (primary N) is 1. The number of fused-ring (bicyclic) bond motifs is 1. The summed E-state index contributed by atoms with van der Waals surface area (Å²) >= 11 is 0. The van der Waals surface area contributed by atoms with Gasteiger partial charge >= 0.3 is 0 Å². The van der Waals surface area contributed by atoms with Gasteiger partial charge in [0.1, 0.15) is 0 Å². The molecule has 0 aromatic heterocycles. The number of rotatable bonds is 3. The normalized spacial score (nSPS) is 16.7. The topological polar surface area (TPSA) is 38.0 Å². The molecular formula is C16H19ClN2. The fourth-order valence-electron chi connectivity index (χ4n) is 2.67. The van der Waals surface area contributed by atoms with E-state index < -0.39 is 0 Å². The third-order valence-electron chi connectivity index (χ3n) is 3.64. The van der Waals surface area contributed by atoms with Crippen LogP contribution in [-0.2, 0) is 13.0 Å². The van der Waals surface area contributed by atoms with Crippen molar-refractivity contribution in [3.8, 4) is 0 Å². The number of benzene rings is 2. The first-order chi connectivity index (χ1) is 8.83. The van der Waals surface area contributed by atoms with Crippen molar-refractivity contribution in [2.75, 3.05) is 5.73 Å². The van der Waals surface area contributed by atoms with E-state index in [9.17, 15) is 0 Å². The molecule has 19 heavy (non-hydrogen) atoms. The highest BCUT2D eigenvalue weighted by atomic mass is 35.5. The minimum absolute atomic E-state index is 0. The number of anilines is 1. The standard InChI is InChI=1S/C16H18N2.ClH/c17-14-8-6-13-7-9-16(15(13)10-14)18-11-12-4-2-1-3-5-12;/h1-6,8,10,16,18H,7,9,11,17H2;1H. The van der Waals surface area contributed by atoms with E-state index in [1.807, 2.05) is 6.07 Å². The van der Waals surface area contributed by atoms with Gasteiger partial charge in [0.2, 0.25) is 0 Å². The van der Waals surface area contributed by atoms with Crippen LogP contribution in [0.4, 0.5) is 5.69 Å². The van der Waals surface area contributed by atoms with Crippen molar-refractivity contribution in [1.82, 2.24) is 5.32 Å². The van der Waals surface area contributed by atoms with Crippen LogP contribution >= 0.6 is 12.4 Å². The summed E-state index contributed by atoms with van der Waals surface area (Å²) in [6.45, 7) is 0.916. The molecule has 3 rings (SSSR count). The quantitative estimate of drug-likeness (QED) is 0.841. The third-order valence-corrected chi connectivity index (χ3v) is 3.64. The van der Waals surface area contributed by atoms with E-state index in [2.05, 4.69) is 47.8 Å². The van der Waals surface area contributed by atoms with Crippen LogP contribution < -0.4 is 11.1 Å². The molecule has 3 N–H and O–H groups in total. The van der Waals surface area contributed by atoms with Gasteiger partial charge in [0.25, 0.3) is 0 Å². The van der Waals surface area contributed by atoms with Crippen molar-refractivity contribution < 1.29 is 0 Å². The Bertz CT molecular complexity index is 540. The van der Waals surface area contributed by atoms with Crippen molar-refractivity contribution in [3.05, 3.63) is 65.2 Å². The van der Waals surface area contributed by atoms with Crippen LogP contribution in [0.15, 0.2) is 48.5 Å². The van der Waals surface area contributed by atoms with E-state index in [-0.39, 0.29) is 12.4 Å². The van der Waals surface area contributed by atoms with E-state index in [4.69, 9.17) is 5.73 Å². The second-order valence-electron chi connectivity index (χ2n) is 4.92. The molecule has 1 aliphatic rings. The summed E-state index contributed by atoms with van der Waals surface area (Å²) in [4.78, 5) is 0. The summed E-state index contributed by atoms with van der Waals surface area (Å²) in [5, 5.41) is 3.63. The molecule has 100 valence electrons. The Morgan fingerprint density at radius 2 is 1.89 bits per heavy atom. The van der Waals surface area contributed by atoms with Gasteiger partial charge in [0, 0.05) is 18.3 Å². The molecule has 0 aliphatic heterocycles. The van der Waals surface area contributed by atoms with Gasteiger partial charge in [0.05, 0.1) is 0 Å². The van der Waals surface area contributed by atoms with Crippen LogP contribution in [0.2, 0.25) is 0 Å². The number of nitrogens with one attached hydrogen (secondary N) is 1. The van der Waals surface area contributed by atoms with Crippen LogP contribution in [0.1, 0.15) is 29.2 Å². The van der Waals surface area contributed by atoms with Crippen molar-refractivity contribution in [3.63, 3.8) is 0 Å². The lowest BCUT2D eigenvalue weighted by Gasteiger charge is -2.14. The molecule has 0 spiro atoms. The van der Waals surface area contributed by atoms with E-state index >= 15 is 0 Å². The molecular weight excluding hydrogens is 256 g/mol. The van der Waals surface area contributed by atoms with Crippen molar-refractivity contribution in [2.45, 2.75) is 25.4 Å². The Kier molecular flexibility index (Phi) is 4.46. The van der Waals surface area contributed by atoms with Gasteiger partial charge < -0.3 is 11.1 Å². The van der Waals surface area contributed by atoms with Crippen LogP contribution in [0.3, 0.4) is 0 Å².